The molecule has 108 valence electrons. The number of nitrogens with zero attached hydrogens (tertiary/aromatic N) is 1. The molecule has 2 heterocycles. The molecular weight excluding hydrogens is 272 g/mol. The van der Waals surface area contributed by atoms with Crippen LogP contribution in [-0.2, 0) is 20.8 Å². The summed E-state index contributed by atoms with van der Waals surface area (Å²) in [5.74, 6) is -1.98. The number of imide groups is 1. The van der Waals surface area contributed by atoms with Gasteiger partial charge in [0.25, 0.3) is 0 Å². The summed E-state index contributed by atoms with van der Waals surface area (Å²) in [4.78, 5) is 39.0. The van der Waals surface area contributed by atoms with Crippen molar-refractivity contribution >= 4 is 28.7 Å². The van der Waals surface area contributed by atoms with Crippen molar-refractivity contribution in [1.29, 1.82) is 0 Å². The van der Waals surface area contributed by atoms with Gasteiger partial charge in [-0.1, -0.05) is 18.2 Å². The Morgan fingerprint density at radius 3 is 2.57 bits per heavy atom. The summed E-state index contributed by atoms with van der Waals surface area (Å²) in [5, 5.41) is 10.3. The number of aliphatic carboxylic acids is 1. The van der Waals surface area contributed by atoms with Gasteiger partial charge in [-0.2, -0.15) is 0 Å². The Morgan fingerprint density at radius 2 is 1.90 bits per heavy atom. The number of hydrogen-bond donors (Lipinski definition) is 2. The van der Waals surface area contributed by atoms with Gasteiger partial charge < -0.3 is 10.1 Å². The number of carbonyl (C=O) groups excluding carboxylic acids is 2. The molecule has 1 aliphatic rings. The number of amides is 2. The Balaban J connectivity index is 1.94. The van der Waals surface area contributed by atoms with Gasteiger partial charge in [0.2, 0.25) is 11.8 Å². The minimum absolute atomic E-state index is 0.0937. The Labute approximate surface area is 120 Å². The third-order valence-electron chi connectivity index (χ3n) is 3.78. The van der Waals surface area contributed by atoms with E-state index in [1.807, 2.05) is 24.3 Å². The van der Waals surface area contributed by atoms with Crippen molar-refractivity contribution in [2.45, 2.75) is 25.3 Å². The first kappa shape index (κ1) is 13.4. The van der Waals surface area contributed by atoms with Crippen LogP contribution in [-0.4, -0.2) is 38.8 Å². The number of rotatable bonds is 4. The van der Waals surface area contributed by atoms with Crippen LogP contribution in [0.15, 0.2) is 30.5 Å². The van der Waals surface area contributed by atoms with Crippen molar-refractivity contribution in [3.63, 3.8) is 0 Å². The van der Waals surface area contributed by atoms with Crippen molar-refractivity contribution in [3.05, 3.63) is 36.0 Å². The lowest BCUT2D eigenvalue weighted by Gasteiger charge is -2.22. The van der Waals surface area contributed by atoms with E-state index in [1.165, 1.54) is 0 Å². The van der Waals surface area contributed by atoms with Crippen LogP contribution in [0.2, 0.25) is 0 Å². The molecule has 0 bridgehead atoms. The number of carbonyl (C=O) groups is 3. The fourth-order valence-corrected chi connectivity index (χ4v) is 2.74. The molecule has 2 N–H and O–H groups in total. The zero-order valence-electron chi connectivity index (χ0n) is 11.2. The molecule has 6 heteroatoms. The van der Waals surface area contributed by atoms with Crippen molar-refractivity contribution in [2.24, 2.45) is 0 Å². The predicted octanol–water partition coefficient (Wildman–Crippen LogP) is 1.31. The van der Waals surface area contributed by atoms with Gasteiger partial charge in [-0.05, 0) is 11.6 Å². The molecule has 2 amide bonds. The Kier molecular flexibility index (Phi) is 3.21. The number of fused-ring (bicyclic) bond motifs is 1. The van der Waals surface area contributed by atoms with E-state index in [-0.39, 0.29) is 19.3 Å². The van der Waals surface area contributed by atoms with Crippen molar-refractivity contribution in [1.82, 2.24) is 9.88 Å². The first-order valence-electron chi connectivity index (χ1n) is 6.70. The number of nitrogens with one attached hydrogen (secondary N) is 1. The third kappa shape index (κ3) is 2.29. The number of aromatic amines is 1. The molecule has 0 aliphatic carbocycles. The minimum Gasteiger partial charge on any atom is -0.480 e. The molecule has 1 fully saturated rings. The highest BCUT2D eigenvalue weighted by molar-refractivity contribution is 6.05. The smallest absolute Gasteiger partial charge is 0.327 e. The highest BCUT2D eigenvalue weighted by Gasteiger charge is 2.39. The summed E-state index contributed by atoms with van der Waals surface area (Å²) in [6.45, 7) is 0. The predicted molar refractivity (Wildman–Crippen MR) is 74.5 cm³/mol. The van der Waals surface area contributed by atoms with Crippen LogP contribution in [0, 0.1) is 0 Å². The third-order valence-corrected chi connectivity index (χ3v) is 3.78. The number of likely N-dealkylation sites (tertiary alicyclic amines) is 1. The van der Waals surface area contributed by atoms with E-state index < -0.39 is 23.8 Å². The highest BCUT2D eigenvalue weighted by atomic mass is 16.4. The zero-order valence-corrected chi connectivity index (χ0v) is 11.2. The van der Waals surface area contributed by atoms with E-state index in [4.69, 9.17) is 0 Å². The van der Waals surface area contributed by atoms with Gasteiger partial charge in [0, 0.05) is 36.4 Å². The lowest BCUT2D eigenvalue weighted by molar-refractivity contribution is -0.154. The molecule has 3 rings (SSSR count). The number of carboxylic acid groups (broad SMARTS) is 1. The van der Waals surface area contributed by atoms with Gasteiger partial charge in [-0.3, -0.25) is 14.5 Å². The molecule has 0 radical (unpaired) electrons. The summed E-state index contributed by atoms with van der Waals surface area (Å²) in [6.07, 6.45) is 2.02. The monoisotopic (exact) mass is 286 g/mol. The van der Waals surface area contributed by atoms with E-state index in [0.29, 0.717) is 0 Å². The fraction of sp³-hybridized carbons (Fsp3) is 0.267. The van der Waals surface area contributed by atoms with Crippen LogP contribution in [0.1, 0.15) is 18.4 Å². The first-order chi connectivity index (χ1) is 10.1. The number of aromatic nitrogens is 1. The largest absolute Gasteiger partial charge is 0.480 e. The molecule has 1 aromatic heterocycles. The molecule has 2 aromatic rings. The molecule has 0 spiro atoms. The summed E-state index contributed by atoms with van der Waals surface area (Å²) < 4.78 is 0. The van der Waals surface area contributed by atoms with Crippen LogP contribution >= 0.6 is 0 Å². The Bertz CT molecular complexity index is 718. The van der Waals surface area contributed by atoms with Crippen LogP contribution in [0.3, 0.4) is 0 Å². The van der Waals surface area contributed by atoms with E-state index in [2.05, 4.69) is 4.98 Å². The molecule has 6 nitrogen and oxygen atoms in total. The number of hydrogen-bond acceptors (Lipinski definition) is 3. The first-order valence-corrected chi connectivity index (χ1v) is 6.70. The van der Waals surface area contributed by atoms with E-state index >= 15 is 0 Å². The molecule has 1 saturated heterocycles. The maximum atomic E-state index is 11.8. The second-order valence-electron chi connectivity index (χ2n) is 5.08. The SMILES string of the molecule is O=C(O)[C@@H](Cc1c[nH]c2ccccc12)N1C(=O)CCC1=O. The van der Waals surface area contributed by atoms with E-state index in [9.17, 15) is 19.5 Å². The molecular formula is C15H14N2O4. The van der Waals surface area contributed by atoms with Crippen LogP contribution in [0.5, 0.6) is 0 Å². The quantitative estimate of drug-likeness (QED) is 0.829. The van der Waals surface area contributed by atoms with E-state index in [0.717, 1.165) is 21.4 Å². The number of benzene rings is 1. The van der Waals surface area contributed by atoms with Gasteiger partial charge >= 0.3 is 5.97 Å². The Hall–Kier alpha value is -2.63. The second kappa shape index (κ2) is 5.05. The summed E-state index contributed by atoms with van der Waals surface area (Å²) in [7, 11) is 0. The minimum atomic E-state index is -1.16. The average Bonchev–Trinajstić information content (AvgIpc) is 3.01. The van der Waals surface area contributed by atoms with Crippen molar-refractivity contribution in [2.75, 3.05) is 0 Å². The zero-order chi connectivity index (χ0) is 15.0. The van der Waals surface area contributed by atoms with Crippen molar-refractivity contribution < 1.29 is 19.5 Å². The summed E-state index contributed by atoms with van der Waals surface area (Å²) >= 11 is 0. The standard InChI is InChI=1S/C15H14N2O4/c18-13-5-6-14(19)17(13)12(15(20)21)7-9-8-16-11-4-2-1-3-10(9)11/h1-4,8,12,16H,5-7H2,(H,20,21)/t12-/m1/s1. The van der Waals surface area contributed by atoms with Gasteiger partial charge in [0.15, 0.2) is 0 Å². The van der Waals surface area contributed by atoms with Crippen LogP contribution in [0.25, 0.3) is 10.9 Å². The lowest BCUT2D eigenvalue weighted by Crippen LogP contribution is -2.45. The number of carboxylic acids is 1. The average molecular weight is 286 g/mol. The topological polar surface area (TPSA) is 90.5 Å². The maximum absolute atomic E-state index is 11.8. The van der Waals surface area contributed by atoms with Crippen LogP contribution < -0.4 is 0 Å². The summed E-state index contributed by atoms with van der Waals surface area (Å²) in [6, 6.07) is 6.37. The van der Waals surface area contributed by atoms with Crippen LogP contribution in [0.4, 0.5) is 0 Å². The fourth-order valence-electron chi connectivity index (χ4n) is 2.74. The molecule has 0 saturated carbocycles. The van der Waals surface area contributed by atoms with Crippen molar-refractivity contribution in [3.8, 4) is 0 Å². The molecule has 1 aliphatic heterocycles. The molecule has 21 heavy (non-hydrogen) atoms. The van der Waals surface area contributed by atoms with Gasteiger partial charge in [0.1, 0.15) is 6.04 Å². The van der Waals surface area contributed by atoms with Gasteiger partial charge in [0.05, 0.1) is 0 Å². The number of H-pyrrole nitrogens is 1. The maximum Gasteiger partial charge on any atom is 0.327 e. The lowest BCUT2D eigenvalue weighted by atomic mass is 10.0. The normalized spacial score (nSPS) is 16.7. The van der Waals surface area contributed by atoms with E-state index in [1.54, 1.807) is 6.20 Å². The molecule has 0 unspecified atom stereocenters. The molecule has 1 atom stereocenters. The Morgan fingerprint density at radius 1 is 1.24 bits per heavy atom. The molecule has 1 aromatic carbocycles. The number of para-hydroxylation sites is 1. The second-order valence-corrected chi connectivity index (χ2v) is 5.08. The highest BCUT2D eigenvalue weighted by Crippen LogP contribution is 2.23. The summed E-state index contributed by atoms with van der Waals surface area (Å²) in [5.41, 5.74) is 1.68. The van der Waals surface area contributed by atoms with Gasteiger partial charge in [-0.25, -0.2) is 4.79 Å². The van der Waals surface area contributed by atoms with Gasteiger partial charge in [-0.15, -0.1) is 0 Å².